The molecule has 0 aliphatic heterocycles. The van der Waals surface area contributed by atoms with E-state index in [1.165, 1.54) is 44.2 Å². The summed E-state index contributed by atoms with van der Waals surface area (Å²) in [7, 11) is 2.14. The molecule has 0 radical (unpaired) electrons. The maximum absolute atomic E-state index is 13.4. The van der Waals surface area contributed by atoms with Crippen molar-refractivity contribution < 1.29 is 9.50 Å². The van der Waals surface area contributed by atoms with Crippen LogP contribution < -0.4 is 0 Å². The first-order chi connectivity index (χ1) is 10.2. The first-order valence-electron chi connectivity index (χ1n) is 7.79. The minimum atomic E-state index is -0.257. The van der Waals surface area contributed by atoms with Gasteiger partial charge in [-0.2, -0.15) is 0 Å². The summed E-state index contributed by atoms with van der Waals surface area (Å²) in [5.74, 6) is 5.62. The molecule has 2 nitrogen and oxygen atoms in total. The average molecular weight is 289 g/mol. The van der Waals surface area contributed by atoms with Crippen LogP contribution in [0.4, 0.5) is 4.39 Å². The number of benzene rings is 1. The minimum Gasteiger partial charge on any atom is -0.395 e. The molecular weight excluding hydrogens is 265 g/mol. The lowest BCUT2D eigenvalue weighted by atomic mass is 9.94. The molecule has 114 valence electrons. The molecule has 0 atom stereocenters. The van der Waals surface area contributed by atoms with Crippen LogP contribution >= 0.6 is 0 Å². The number of rotatable bonds is 4. The lowest BCUT2D eigenvalue weighted by Crippen LogP contribution is -2.33. The third-order valence-electron chi connectivity index (χ3n) is 4.15. The summed E-state index contributed by atoms with van der Waals surface area (Å²) in [6.45, 7) is 0.841. The molecule has 2 rings (SSSR count). The first-order valence-corrected chi connectivity index (χ1v) is 7.79. The van der Waals surface area contributed by atoms with Gasteiger partial charge < -0.3 is 5.11 Å². The molecule has 21 heavy (non-hydrogen) atoms. The molecule has 0 saturated heterocycles. The van der Waals surface area contributed by atoms with Crippen molar-refractivity contribution in [2.45, 2.75) is 51.1 Å². The number of halogens is 1. The van der Waals surface area contributed by atoms with Crippen LogP contribution in [0, 0.1) is 17.7 Å². The maximum Gasteiger partial charge on any atom is 0.124 e. The van der Waals surface area contributed by atoms with E-state index in [2.05, 4.69) is 23.8 Å². The molecule has 1 saturated carbocycles. The van der Waals surface area contributed by atoms with E-state index < -0.39 is 0 Å². The molecular formula is C18H24FNO. The molecule has 0 unspecified atom stereocenters. The largest absolute Gasteiger partial charge is 0.395 e. The highest BCUT2D eigenvalue weighted by Crippen LogP contribution is 2.23. The zero-order valence-electron chi connectivity index (χ0n) is 12.7. The normalized spacial score (nSPS) is 15.8. The van der Waals surface area contributed by atoms with E-state index >= 15 is 0 Å². The number of hydrogen-bond acceptors (Lipinski definition) is 2. The Morgan fingerprint density at radius 2 is 2.05 bits per heavy atom. The number of nitrogens with zero attached hydrogens (tertiary/aromatic N) is 1. The van der Waals surface area contributed by atoms with Crippen LogP contribution in [0.15, 0.2) is 18.2 Å². The molecule has 0 spiro atoms. The van der Waals surface area contributed by atoms with Gasteiger partial charge in [-0.3, -0.25) is 4.90 Å². The Kier molecular flexibility index (Phi) is 6.22. The van der Waals surface area contributed by atoms with E-state index in [1.807, 2.05) is 6.07 Å². The Bertz CT molecular complexity index is 512. The topological polar surface area (TPSA) is 23.5 Å². The molecule has 3 heteroatoms. The van der Waals surface area contributed by atoms with Gasteiger partial charge in [-0.25, -0.2) is 4.39 Å². The molecule has 1 fully saturated rings. The highest BCUT2D eigenvalue weighted by Gasteiger charge is 2.18. The first kappa shape index (κ1) is 16.0. The molecule has 1 N–H and O–H groups in total. The van der Waals surface area contributed by atoms with Crippen LogP contribution in [0.3, 0.4) is 0 Å². The highest BCUT2D eigenvalue weighted by atomic mass is 19.1. The van der Waals surface area contributed by atoms with Crippen molar-refractivity contribution in [1.29, 1.82) is 0 Å². The Morgan fingerprint density at radius 3 is 2.76 bits per heavy atom. The molecule has 0 aromatic heterocycles. The minimum absolute atomic E-state index is 0.0413. The summed E-state index contributed by atoms with van der Waals surface area (Å²) in [5, 5.41) is 8.80. The molecule has 0 bridgehead atoms. The maximum atomic E-state index is 13.4. The molecule has 0 amide bonds. The van der Waals surface area contributed by atoms with Gasteiger partial charge in [-0.05, 0) is 37.6 Å². The number of aliphatic hydroxyl groups excluding tert-OH is 1. The quantitative estimate of drug-likeness (QED) is 0.860. The van der Waals surface area contributed by atoms with Crippen molar-refractivity contribution >= 4 is 0 Å². The van der Waals surface area contributed by atoms with Gasteiger partial charge in [0.05, 0.1) is 6.61 Å². The van der Waals surface area contributed by atoms with Crippen molar-refractivity contribution in [1.82, 2.24) is 4.90 Å². The van der Waals surface area contributed by atoms with Gasteiger partial charge >= 0.3 is 0 Å². The fourth-order valence-corrected chi connectivity index (χ4v) is 2.94. The zero-order chi connectivity index (χ0) is 15.1. The standard InChI is InChI=1S/C18H24FNO/c1-20(18-8-3-2-4-9-18)14-16-10-11-17(19)13-15(16)7-5-6-12-21/h10-11,13,18,21H,2-4,6,8-9,12,14H2,1H3. The lowest BCUT2D eigenvalue weighted by molar-refractivity contribution is 0.184. The van der Waals surface area contributed by atoms with Crippen molar-refractivity contribution in [3.05, 3.63) is 35.1 Å². The van der Waals surface area contributed by atoms with Gasteiger partial charge in [0.2, 0.25) is 0 Å². The zero-order valence-corrected chi connectivity index (χ0v) is 12.7. The third kappa shape index (κ3) is 4.84. The fourth-order valence-electron chi connectivity index (χ4n) is 2.94. The SMILES string of the molecule is CN(Cc1ccc(F)cc1C#CCCO)C1CCCCC1. The molecule has 1 aliphatic carbocycles. The van der Waals surface area contributed by atoms with Crippen LogP contribution in [0.5, 0.6) is 0 Å². The van der Waals surface area contributed by atoms with Gasteiger partial charge in [0.1, 0.15) is 5.82 Å². The number of aliphatic hydroxyl groups is 1. The van der Waals surface area contributed by atoms with E-state index in [9.17, 15) is 4.39 Å². The van der Waals surface area contributed by atoms with Crippen LogP contribution in [0.25, 0.3) is 0 Å². The van der Waals surface area contributed by atoms with Gasteiger partial charge in [-0.15, -0.1) is 0 Å². The van der Waals surface area contributed by atoms with E-state index in [1.54, 1.807) is 0 Å². The van der Waals surface area contributed by atoms with Crippen LogP contribution in [0.2, 0.25) is 0 Å². The summed E-state index contributed by atoms with van der Waals surface area (Å²) < 4.78 is 13.4. The monoisotopic (exact) mass is 289 g/mol. The van der Waals surface area contributed by atoms with E-state index in [4.69, 9.17) is 5.11 Å². The van der Waals surface area contributed by atoms with Crippen LogP contribution in [0.1, 0.15) is 49.7 Å². The summed E-state index contributed by atoms with van der Waals surface area (Å²) >= 11 is 0. The Labute approximate surface area is 127 Å². The van der Waals surface area contributed by atoms with Crippen molar-refractivity contribution in [3.8, 4) is 11.8 Å². The predicted octanol–water partition coefficient (Wildman–Crippen LogP) is 3.32. The van der Waals surface area contributed by atoms with Gasteiger partial charge in [0.25, 0.3) is 0 Å². The average Bonchev–Trinajstić information content (AvgIpc) is 2.51. The third-order valence-corrected chi connectivity index (χ3v) is 4.15. The second-order valence-corrected chi connectivity index (χ2v) is 5.78. The molecule has 1 aliphatic rings. The molecule has 1 aromatic rings. The van der Waals surface area contributed by atoms with Crippen molar-refractivity contribution in [3.63, 3.8) is 0 Å². The smallest absolute Gasteiger partial charge is 0.124 e. The second kappa shape index (κ2) is 8.17. The molecule has 1 aromatic carbocycles. The lowest BCUT2D eigenvalue weighted by Gasteiger charge is -2.31. The highest BCUT2D eigenvalue weighted by molar-refractivity contribution is 5.41. The Hall–Kier alpha value is -1.37. The van der Waals surface area contributed by atoms with Gasteiger partial charge in [0, 0.05) is 24.6 Å². The predicted molar refractivity (Wildman–Crippen MR) is 83.3 cm³/mol. The van der Waals surface area contributed by atoms with Gasteiger partial charge in [0.15, 0.2) is 0 Å². The van der Waals surface area contributed by atoms with Crippen molar-refractivity contribution in [2.24, 2.45) is 0 Å². The Balaban J connectivity index is 2.09. The molecule has 0 heterocycles. The Morgan fingerprint density at radius 1 is 1.29 bits per heavy atom. The summed E-state index contributed by atoms with van der Waals surface area (Å²) in [6.07, 6.45) is 6.89. The number of hydrogen-bond donors (Lipinski definition) is 1. The van der Waals surface area contributed by atoms with Crippen molar-refractivity contribution in [2.75, 3.05) is 13.7 Å². The summed E-state index contributed by atoms with van der Waals surface area (Å²) in [5.41, 5.74) is 1.81. The van der Waals surface area contributed by atoms with E-state index in [0.29, 0.717) is 12.5 Å². The second-order valence-electron chi connectivity index (χ2n) is 5.78. The van der Waals surface area contributed by atoms with E-state index in [0.717, 1.165) is 17.7 Å². The van der Waals surface area contributed by atoms with E-state index in [-0.39, 0.29) is 12.4 Å². The van der Waals surface area contributed by atoms with Gasteiger partial charge in [-0.1, -0.05) is 37.2 Å². The fraction of sp³-hybridized carbons (Fsp3) is 0.556. The van der Waals surface area contributed by atoms with Crippen LogP contribution in [-0.4, -0.2) is 29.7 Å². The summed E-state index contributed by atoms with van der Waals surface area (Å²) in [6, 6.07) is 5.45. The van der Waals surface area contributed by atoms with Crippen LogP contribution in [-0.2, 0) is 6.54 Å². The summed E-state index contributed by atoms with van der Waals surface area (Å²) in [4.78, 5) is 2.36.